The zero-order valence-electron chi connectivity index (χ0n) is 17.9. The number of aromatic hydroxyl groups is 1. The predicted molar refractivity (Wildman–Crippen MR) is 118 cm³/mol. The van der Waals surface area contributed by atoms with Crippen LogP contribution in [0, 0.1) is 0 Å². The summed E-state index contributed by atoms with van der Waals surface area (Å²) < 4.78 is 11.3. The van der Waals surface area contributed by atoms with Gasteiger partial charge in [0.2, 0.25) is 0 Å². The van der Waals surface area contributed by atoms with Crippen LogP contribution in [-0.4, -0.2) is 34.2 Å². The minimum atomic E-state index is 0.152. The SMILES string of the molecule is CCCCCCOc1c(O)ccc(-c2nnncc2-c2ccc(OC)cc2)c1CC. The lowest BCUT2D eigenvalue weighted by Crippen LogP contribution is -2.03. The highest BCUT2D eigenvalue weighted by Crippen LogP contribution is 2.40. The largest absolute Gasteiger partial charge is 0.504 e. The fourth-order valence-corrected chi connectivity index (χ4v) is 3.50. The van der Waals surface area contributed by atoms with Crippen molar-refractivity contribution in [2.75, 3.05) is 13.7 Å². The van der Waals surface area contributed by atoms with Crippen molar-refractivity contribution in [2.24, 2.45) is 0 Å². The van der Waals surface area contributed by atoms with Crippen LogP contribution >= 0.6 is 0 Å². The van der Waals surface area contributed by atoms with Gasteiger partial charge in [0, 0.05) is 16.7 Å². The molecule has 0 spiro atoms. The number of hydrogen-bond donors (Lipinski definition) is 1. The van der Waals surface area contributed by atoms with Crippen LogP contribution < -0.4 is 9.47 Å². The van der Waals surface area contributed by atoms with Gasteiger partial charge in [0.05, 0.1) is 19.9 Å². The molecule has 1 N–H and O–H groups in total. The summed E-state index contributed by atoms with van der Waals surface area (Å²) in [5.41, 5.74) is 4.34. The van der Waals surface area contributed by atoms with Crippen molar-refractivity contribution in [2.45, 2.75) is 46.0 Å². The quantitative estimate of drug-likeness (QED) is 0.451. The molecule has 3 rings (SSSR count). The molecule has 0 bridgehead atoms. The monoisotopic (exact) mass is 407 g/mol. The number of phenols is 1. The average molecular weight is 408 g/mol. The number of phenolic OH excluding ortho intramolecular Hbond substituents is 1. The predicted octanol–water partition coefficient (Wildman–Crippen LogP) is 5.44. The van der Waals surface area contributed by atoms with Gasteiger partial charge in [-0.3, -0.25) is 0 Å². The highest BCUT2D eigenvalue weighted by molar-refractivity contribution is 5.83. The van der Waals surface area contributed by atoms with Gasteiger partial charge < -0.3 is 14.6 Å². The number of methoxy groups -OCH3 is 1. The van der Waals surface area contributed by atoms with Crippen molar-refractivity contribution in [1.29, 1.82) is 0 Å². The van der Waals surface area contributed by atoms with Crippen LogP contribution in [0.5, 0.6) is 17.2 Å². The molecule has 1 heterocycles. The third-order valence-corrected chi connectivity index (χ3v) is 5.13. The number of aromatic nitrogens is 3. The number of ether oxygens (including phenoxy) is 2. The summed E-state index contributed by atoms with van der Waals surface area (Å²) in [5, 5.41) is 22.7. The van der Waals surface area contributed by atoms with E-state index in [-0.39, 0.29) is 5.75 Å². The van der Waals surface area contributed by atoms with Crippen LogP contribution in [0.15, 0.2) is 42.6 Å². The summed E-state index contributed by atoms with van der Waals surface area (Å²) in [5.74, 6) is 1.47. The van der Waals surface area contributed by atoms with Crippen molar-refractivity contribution < 1.29 is 14.6 Å². The van der Waals surface area contributed by atoms with Gasteiger partial charge in [-0.25, -0.2) is 0 Å². The van der Waals surface area contributed by atoms with Crippen molar-refractivity contribution in [3.63, 3.8) is 0 Å². The summed E-state index contributed by atoms with van der Waals surface area (Å²) in [7, 11) is 1.64. The standard InChI is InChI=1S/C24H29N3O3/c1-4-6-7-8-15-30-24-19(5-2)20(13-14-22(24)28)23-21(16-25-27-26-23)17-9-11-18(29-3)12-10-17/h9-14,16,28H,4-8,15H2,1-3H3. The second-order valence-electron chi connectivity index (χ2n) is 7.13. The van der Waals surface area contributed by atoms with E-state index in [9.17, 15) is 5.11 Å². The maximum absolute atomic E-state index is 10.5. The van der Waals surface area contributed by atoms with Crippen LogP contribution in [0.4, 0.5) is 0 Å². The first kappa shape index (κ1) is 21.6. The Kier molecular flexibility index (Phi) is 7.60. The number of benzene rings is 2. The van der Waals surface area contributed by atoms with Crippen LogP contribution in [0.2, 0.25) is 0 Å². The van der Waals surface area contributed by atoms with Gasteiger partial charge in [-0.05, 0) is 47.9 Å². The Morgan fingerprint density at radius 3 is 2.43 bits per heavy atom. The zero-order chi connectivity index (χ0) is 21.3. The molecule has 0 aliphatic heterocycles. The summed E-state index contributed by atoms with van der Waals surface area (Å²) in [6.45, 7) is 4.81. The Balaban J connectivity index is 1.98. The fraction of sp³-hybridized carbons (Fsp3) is 0.375. The third kappa shape index (κ3) is 4.87. The van der Waals surface area contributed by atoms with Crippen LogP contribution in [0.1, 0.15) is 45.1 Å². The number of nitrogens with zero attached hydrogens (tertiary/aromatic N) is 3. The molecule has 158 valence electrons. The Morgan fingerprint density at radius 1 is 0.933 bits per heavy atom. The van der Waals surface area contributed by atoms with E-state index < -0.39 is 0 Å². The van der Waals surface area contributed by atoms with Crippen LogP contribution in [0.25, 0.3) is 22.4 Å². The number of rotatable bonds is 10. The van der Waals surface area contributed by atoms with Gasteiger partial charge in [0.1, 0.15) is 11.4 Å². The molecule has 0 aliphatic carbocycles. The topological polar surface area (TPSA) is 77.4 Å². The second-order valence-corrected chi connectivity index (χ2v) is 7.13. The van der Waals surface area contributed by atoms with Crippen molar-refractivity contribution in [3.8, 4) is 39.6 Å². The molecule has 0 aliphatic rings. The molecular formula is C24H29N3O3. The normalized spacial score (nSPS) is 10.8. The first-order valence-corrected chi connectivity index (χ1v) is 10.5. The van der Waals surface area contributed by atoms with Crippen LogP contribution in [-0.2, 0) is 6.42 Å². The maximum Gasteiger partial charge on any atom is 0.164 e. The van der Waals surface area contributed by atoms with E-state index in [4.69, 9.17) is 9.47 Å². The lowest BCUT2D eigenvalue weighted by atomic mass is 9.95. The molecule has 0 radical (unpaired) electrons. The number of hydrogen-bond acceptors (Lipinski definition) is 6. The molecule has 30 heavy (non-hydrogen) atoms. The van der Waals surface area contributed by atoms with E-state index in [1.54, 1.807) is 19.4 Å². The summed E-state index contributed by atoms with van der Waals surface area (Å²) in [6.07, 6.45) is 6.86. The molecule has 3 aromatic rings. The lowest BCUT2D eigenvalue weighted by Gasteiger charge is -2.17. The fourth-order valence-electron chi connectivity index (χ4n) is 3.50. The van der Waals surface area contributed by atoms with E-state index in [2.05, 4.69) is 22.3 Å². The molecule has 0 fully saturated rings. The Labute approximate surface area is 177 Å². The van der Waals surface area contributed by atoms with E-state index in [0.29, 0.717) is 24.5 Å². The van der Waals surface area contributed by atoms with Crippen molar-refractivity contribution in [3.05, 3.63) is 48.2 Å². The summed E-state index contributed by atoms with van der Waals surface area (Å²) in [4.78, 5) is 0. The second kappa shape index (κ2) is 10.6. The molecule has 6 heteroatoms. The highest BCUT2D eigenvalue weighted by Gasteiger charge is 2.19. The van der Waals surface area contributed by atoms with Gasteiger partial charge in [0.15, 0.2) is 11.5 Å². The molecule has 0 saturated carbocycles. The van der Waals surface area contributed by atoms with Crippen molar-refractivity contribution in [1.82, 2.24) is 15.4 Å². The minimum absolute atomic E-state index is 0.152. The summed E-state index contributed by atoms with van der Waals surface area (Å²) >= 11 is 0. The zero-order valence-corrected chi connectivity index (χ0v) is 17.9. The van der Waals surface area contributed by atoms with Crippen LogP contribution in [0.3, 0.4) is 0 Å². The summed E-state index contributed by atoms with van der Waals surface area (Å²) in [6, 6.07) is 11.3. The van der Waals surface area contributed by atoms with Gasteiger partial charge in [-0.2, -0.15) is 0 Å². The minimum Gasteiger partial charge on any atom is -0.504 e. The molecule has 0 atom stereocenters. The highest BCUT2D eigenvalue weighted by atomic mass is 16.5. The van der Waals surface area contributed by atoms with E-state index >= 15 is 0 Å². The molecular weight excluding hydrogens is 378 g/mol. The smallest absolute Gasteiger partial charge is 0.164 e. The first-order valence-electron chi connectivity index (χ1n) is 10.5. The third-order valence-electron chi connectivity index (χ3n) is 5.13. The van der Waals surface area contributed by atoms with E-state index in [1.165, 1.54) is 12.8 Å². The Bertz CT molecular complexity index is 958. The molecule has 1 aromatic heterocycles. The Morgan fingerprint density at radius 2 is 1.73 bits per heavy atom. The van der Waals surface area contributed by atoms with Gasteiger partial charge in [-0.15, -0.1) is 10.2 Å². The lowest BCUT2D eigenvalue weighted by molar-refractivity contribution is 0.286. The first-order chi connectivity index (χ1) is 14.7. The Hall–Kier alpha value is -3.15. The molecule has 2 aromatic carbocycles. The van der Waals surface area contributed by atoms with E-state index in [1.807, 2.05) is 37.3 Å². The molecule has 0 amide bonds. The maximum atomic E-state index is 10.5. The van der Waals surface area contributed by atoms with Gasteiger partial charge in [-0.1, -0.05) is 45.2 Å². The molecule has 6 nitrogen and oxygen atoms in total. The number of unbranched alkanes of at least 4 members (excludes halogenated alkanes) is 3. The van der Waals surface area contributed by atoms with E-state index in [0.717, 1.165) is 40.8 Å². The average Bonchev–Trinajstić information content (AvgIpc) is 2.79. The molecule has 0 unspecified atom stereocenters. The van der Waals surface area contributed by atoms with Gasteiger partial charge >= 0.3 is 0 Å². The van der Waals surface area contributed by atoms with Crippen molar-refractivity contribution >= 4 is 0 Å². The molecule has 0 saturated heterocycles. The van der Waals surface area contributed by atoms with Gasteiger partial charge in [0.25, 0.3) is 0 Å².